The van der Waals surface area contributed by atoms with Crippen LogP contribution in [0.25, 0.3) is 11.5 Å². The molecule has 3 rings (SSSR count). The third-order valence-electron chi connectivity index (χ3n) is 3.65. The number of furan rings is 1. The maximum Gasteiger partial charge on any atom is 0.325 e. The molecule has 2 heterocycles. The summed E-state index contributed by atoms with van der Waals surface area (Å²) in [7, 11) is 0. The molecule has 0 aromatic carbocycles. The third-order valence-corrected chi connectivity index (χ3v) is 3.65. The minimum atomic E-state index is -0.708. The normalized spacial score (nSPS) is 15.3. The number of aromatic nitrogens is 1. The minimum Gasteiger partial charge on any atom is -0.465 e. The van der Waals surface area contributed by atoms with Gasteiger partial charge in [0.1, 0.15) is 6.54 Å². The molecule has 1 fully saturated rings. The van der Waals surface area contributed by atoms with Crippen molar-refractivity contribution in [2.24, 2.45) is 0 Å². The quantitative estimate of drug-likeness (QED) is 0.815. The summed E-state index contributed by atoms with van der Waals surface area (Å²) in [5, 5.41) is 6.57. The number of hydrogen-bond acceptors (Lipinski definition) is 6. The van der Waals surface area contributed by atoms with Crippen LogP contribution in [0.4, 0.5) is 0 Å². The summed E-state index contributed by atoms with van der Waals surface area (Å²) >= 11 is 0. The molecule has 7 nitrogen and oxygen atoms in total. The van der Waals surface area contributed by atoms with Gasteiger partial charge in [0.15, 0.2) is 5.76 Å². The fourth-order valence-electron chi connectivity index (χ4n) is 2.29. The van der Waals surface area contributed by atoms with Gasteiger partial charge < -0.3 is 19.0 Å². The highest BCUT2D eigenvalue weighted by Gasteiger charge is 2.53. The molecule has 1 saturated carbocycles. The van der Waals surface area contributed by atoms with Gasteiger partial charge >= 0.3 is 5.97 Å². The van der Waals surface area contributed by atoms with Crippen molar-refractivity contribution in [3.63, 3.8) is 0 Å². The summed E-state index contributed by atoms with van der Waals surface area (Å²) in [4.78, 5) is 23.6. The van der Waals surface area contributed by atoms with Crippen LogP contribution in [0.3, 0.4) is 0 Å². The minimum absolute atomic E-state index is 0.142. The van der Waals surface area contributed by atoms with Crippen molar-refractivity contribution in [3.05, 3.63) is 30.2 Å². The van der Waals surface area contributed by atoms with Crippen LogP contribution >= 0.6 is 0 Å². The summed E-state index contributed by atoms with van der Waals surface area (Å²) in [5.74, 6) is 0.342. The fraction of sp³-hybridized carbons (Fsp3) is 0.400. The molecule has 0 radical (unpaired) electrons. The van der Waals surface area contributed by atoms with Gasteiger partial charge in [-0.2, -0.15) is 0 Å². The lowest BCUT2D eigenvalue weighted by atomic mass is 10.0. The lowest BCUT2D eigenvalue weighted by Gasteiger charge is -2.11. The molecular formula is C15H16N2O5. The van der Waals surface area contributed by atoms with Crippen molar-refractivity contribution in [1.82, 2.24) is 10.5 Å². The average molecular weight is 304 g/mol. The van der Waals surface area contributed by atoms with Crippen LogP contribution in [-0.4, -0.2) is 30.2 Å². The average Bonchev–Trinajstić information content (AvgIpc) is 2.93. The highest BCUT2D eigenvalue weighted by atomic mass is 16.5. The van der Waals surface area contributed by atoms with E-state index >= 15 is 0 Å². The molecule has 0 bridgehead atoms. The largest absolute Gasteiger partial charge is 0.465 e. The monoisotopic (exact) mass is 304 g/mol. The Hall–Kier alpha value is -2.57. The Labute approximate surface area is 126 Å². The first-order valence-electron chi connectivity index (χ1n) is 7.11. The Morgan fingerprint density at radius 3 is 2.86 bits per heavy atom. The van der Waals surface area contributed by atoms with E-state index in [2.05, 4.69) is 10.5 Å². The first kappa shape index (κ1) is 14.4. The predicted octanol–water partition coefficient (Wildman–Crippen LogP) is 1.65. The number of ether oxygens (including phenoxy) is 1. The topological polar surface area (TPSA) is 94.6 Å². The summed E-state index contributed by atoms with van der Waals surface area (Å²) in [6.45, 7) is 1.86. The lowest BCUT2D eigenvalue weighted by Crippen LogP contribution is -2.38. The van der Waals surface area contributed by atoms with E-state index in [1.54, 1.807) is 25.1 Å². The zero-order valence-electron chi connectivity index (χ0n) is 12.1. The summed E-state index contributed by atoms with van der Waals surface area (Å²) in [6, 6.07) is 5.21. The molecule has 2 aromatic heterocycles. The van der Waals surface area contributed by atoms with Gasteiger partial charge in [-0.1, -0.05) is 5.16 Å². The van der Waals surface area contributed by atoms with E-state index in [1.807, 2.05) is 0 Å². The molecule has 0 atom stereocenters. The summed E-state index contributed by atoms with van der Waals surface area (Å²) < 4.78 is 15.3. The Kier molecular flexibility index (Phi) is 3.70. The van der Waals surface area contributed by atoms with Crippen LogP contribution in [0.15, 0.2) is 33.4 Å². The maximum atomic E-state index is 12.3. The Morgan fingerprint density at radius 1 is 1.41 bits per heavy atom. The molecule has 0 saturated heterocycles. The molecule has 0 unspecified atom stereocenters. The van der Waals surface area contributed by atoms with Crippen LogP contribution in [0.1, 0.15) is 25.5 Å². The molecule has 2 aromatic rings. The van der Waals surface area contributed by atoms with Gasteiger partial charge in [-0.05, 0) is 31.9 Å². The van der Waals surface area contributed by atoms with Gasteiger partial charge in [0.25, 0.3) is 0 Å². The van der Waals surface area contributed by atoms with Crippen molar-refractivity contribution in [2.45, 2.75) is 25.2 Å². The highest BCUT2D eigenvalue weighted by Crippen LogP contribution is 2.48. The predicted molar refractivity (Wildman–Crippen MR) is 74.8 cm³/mol. The molecule has 22 heavy (non-hydrogen) atoms. The van der Waals surface area contributed by atoms with Gasteiger partial charge in [0.05, 0.1) is 24.0 Å². The molecule has 1 N–H and O–H groups in total. The number of hydrogen-bond donors (Lipinski definition) is 1. The number of carbonyl (C=O) groups excluding carboxylic acids is 2. The number of esters is 1. The standard InChI is InChI=1S/C15H16N2O5/c1-2-20-13(18)9-16-14(19)15(5-6-15)12-8-11(22-17-12)10-4-3-7-21-10/h3-4,7-8H,2,5-6,9H2,1H3,(H,16,19). The van der Waals surface area contributed by atoms with Crippen molar-refractivity contribution >= 4 is 11.9 Å². The molecule has 0 spiro atoms. The van der Waals surface area contributed by atoms with E-state index in [0.29, 0.717) is 30.1 Å². The highest BCUT2D eigenvalue weighted by molar-refractivity contribution is 5.92. The number of rotatable bonds is 6. The summed E-state index contributed by atoms with van der Waals surface area (Å²) in [6.07, 6.45) is 2.88. The second kappa shape index (κ2) is 5.67. The Morgan fingerprint density at radius 2 is 2.23 bits per heavy atom. The van der Waals surface area contributed by atoms with E-state index in [4.69, 9.17) is 13.7 Å². The maximum absolute atomic E-state index is 12.3. The van der Waals surface area contributed by atoms with E-state index in [1.165, 1.54) is 6.26 Å². The van der Waals surface area contributed by atoms with Gasteiger partial charge in [-0.3, -0.25) is 9.59 Å². The van der Waals surface area contributed by atoms with Gasteiger partial charge in [0, 0.05) is 6.07 Å². The number of amides is 1. The smallest absolute Gasteiger partial charge is 0.325 e. The van der Waals surface area contributed by atoms with Crippen LogP contribution in [0, 0.1) is 0 Å². The van der Waals surface area contributed by atoms with E-state index in [9.17, 15) is 9.59 Å². The molecule has 1 aliphatic rings. The van der Waals surface area contributed by atoms with E-state index in [-0.39, 0.29) is 19.1 Å². The Balaban J connectivity index is 1.68. The third kappa shape index (κ3) is 2.61. The molecule has 1 aliphatic carbocycles. The molecule has 1 amide bonds. The number of carbonyl (C=O) groups is 2. The SMILES string of the molecule is CCOC(=O)CNC(=O)C1(c2cc(-c3ccco3)on2)CC1. The van der Waals surface area contributed by atoms with Crippen LogP contribution in [0.5, 0.6) is 0 Å². The first-order chi connectivity index (χ1) is 10.7. The lowest BCUT2D eigenvalue weighted by molar-refractivity contribution is -0.143. The molecule has 116 valence electrons. The van der Waals surface area contributed by atoms with Gasteiger partial charge in [-0.25, -0.2) is 0 Å². The second-order valence-corrected chi connectivity index (χ2v) is 5.12. The zero-order valence-corrected chi connectivity index (χ0v) is 12.1. The molecule has 7 heteroatoms. The van der Waals surface area contributed by atoms with E-state index in [0.717, 1.165) is 0 Å². The van der Waals surface area contributed by atoms with Gasteiger partial charge in [-0.15, -0.1) is 0 Å². The number of nitrogens with zero attached hydrogens (tertiary/aromatic N) is 1. The second-order valence-electron chi connectivity index (χ2n) is 5.12. The first-order valence-corrected chi connectivity index (χ1v) is 7.11. The van der Waals surface area contributed by atoms with Crippen LogP contribution < -0.4 is 5.32 Å². The van der Waals surface area contributed by atoms with E-state index < -0.39 is 11.4 Å². The van der Waals surface area contributed by atoms with Crippen molar-refractivity contribution in [1.29, 1.82) is 0 Å². The zero-order chi connectivity index (χ0) is 15.6. The molecular weight excluding hydrogens is 288 g/mol. The van der Waals surface area contributed by atoms with Gasteiger partial charge in [0.2, 0.25) is 11.7 Å². The van der Waals surface area contributed by atoms with Crippen molar-refractivity contribution < 1.29 is 23.3 Å². The fourth-order valence-corrected chi connectivity index (χ4v) is 2.29. The van der Waals surface area contributed by atoms with Crippen molar-refractivity contribution in [3.8, 4) is 11.5 Å². The number of nitrogens with one attached hydrogen (secondary N) is 1. The van der Waals surface area contributed by atoms with Crippen molar-refractivity contribution in [2.75, 3.05) is 13.2 Å². The summed E-state index contributed by atoms with van der Waals surface area (Å²) in [5.41, 5.74) is -0.152. The van der Waals surface area contributed by atoms with Crippen LogP contribution in [0.2, 0.25) is 0 Å². The Bertz CT molecular complexity index is 670. The van der Waals surface area contributed by atoms with Crippen LogP contribution in [-0.2, 0) is 19.7 Å². The molecule has 0 aliphatic heterocycles.